The molecule has 2 aliphatic carbocycles. The fourth-order valence-corrected chi connectivity index (χ4v) is 5.48. The van der Waals surface area contributed by atoms with Crippen LogP contribution in [0.2, 0.25) is 0 Å². The minimum absolute atomic E-state index is 0.0150. The van der Waals surface area contributed by atoms with Gasteiger partial charge < -0.3 is 10.4 Å². The Balaban J connectivity index is 1.41. The van der Waals surface area contributed by atoms with Crippen molar-refractivity contribution in [1.82, 2.24) is 10.3 Å². The van der Waals surface area contributed by atoms with Crippen molar-refractivity contribution >= 4 is 28.8 Å². The zero-order valence-corrected chi connectivity index (χ0v) is 15.6. The molecule has 138 valence electrons. The third-order valence-corrected chi connectivity index (χ3v) is 7.17. The Kier molecular flexibility index (Phi) is 4.50. The average Bonchev–Trinajstić information content (AvgIpc) is 3.29. The lowest BCUT2D eigenvalue weighted by Gasteiger charge is -2.19. The molecule has 1 aromatic heterocycles. The third kappa shape index (κ3) is 3.37. The van der Waals surface area contributed by atoms with Crippen LogP contribution < -0.4 is 5.32 Å². The molecule has 1 amide bonds. The van der Waals surface area contributed by atoms with Gasteiger partial charge in [-0.05, 0) is 63.0 Å². The highest BCUT2D eigenvalue weighted by molar-refractivity contribution is 8.16. The lowest BCUT2D eigenvalue weighted by atomic mass is 9.96. The number of carboxylic acids is 1. The van der Waals surface area contributed by atoms with Gasteiger partial charge in [0.05, 0.1) is 16.4 Å². The van der Waals surface area contributed by atoms with Gasteiger partial charge in [0.1, 0.15) is 0 Å². The van der Waals surface area contributed by atoms with E-state index >= 15 is 0 Å². The van der Waals surface area contributed by atoms with Crippen molar-refractivity contribution in [2.75, 3.05) is 0 Å². The minimum Gasteiger partial charge on any atom is -0.478 e. The Morgan fingerprint density at radius 3 is 3.00 bits per heavy atom. The van der Waals surface area contributed by atoms with Gasteiger partial charge in [-0.2, -0.15) is 0 Å². The monoisotopic (exact) mass is 373 g/mol. The van der Waals surface area contributed by atoms with Gasteiger partial charge in [-0.3, -0.25) is 14.8 Å². The van der Waals surface area contributed by atoms with Gasteiger partial charge in [-0.15, -0.1) is 0 Å². The molecule has 6 nitrogen and oxygen atoms in total. The first kappa shape index (κ1) is 17.5. The number of nitrogens with one attached hydrogen (secondary N) is 1. The van der Waals surface area contributed by atoms with Crippen molar-refractivity contribution in [2.24, 2.45) is 16.8 Å². The predicted octanol–water partition coefficient (Wildman–Crippen LogP) is 2.88. The van der Waals surface area contributed by atoms with Gasteiger partial charge in [0.25, 0.3) is 0 Å². The maximum atomic E-state index is 12.5. The molecule has 0 aromatic carbocycles. The molecule has 2 heterocycles. The van der Waals surface area contributed by atoms with Crippen molar-refractivity contribution < 1.29 is 14.7 Å². The number of pyridine rings is 1. The summed E-state index contributed by atoms with van der Waals surface area (Å²) in [6.07, 6.45) is 7.72. The summed E-state index contributed by atoms with van der Waals surface area (Å²) in [5, 5.41) is 12.8. The van der Waals surface area contributed by atoms with E-state index in [-0.39, 0.29) is 11.5 Å². The number of carbonyl (C=O) groups is 2. The van der Waals surface area contributed by atoms with E-state index in [1.54, 1.807) is 6.07 Å². The van der Waals surface area contributed by atoms with Crippen LogP contribution >= 0.6 is 11.8 Å². The van der Waals surface area contributed by atoms with Gasteiger partial charge in [-0.1, -0.05) is 18.2 Å². The molecule has 2 saturated carbocycles. The fourth-order valence-electron chi connectivity index (χ4n) is 4.37. The first-order valence-electron chi connectivity index (χ1n) is 9.19. The van der Waals surface area contributed by atoms with E-state index < -0.39 is 10.7 Å². The Bertz CT molecular complexity index is 781. The summed E-state index contributed by atoms with van der Waals surface area (Å²) >= 11 is 1.51. The summed E-state index contributed by atoms with van der Waals surface area (Å²) in [5.74, 6) is 0.544. The number of aliphatic imine (C=N–C) groups is 1. The number of carbonyl (C=O) groups excluding carboxylic acids is 1. The second-order valence-corrected chi connectivity index (χ2v) is 9.30. The highest BCUT2D eigenvalue weighted by Crippen LogP contribution is 2.47. The Hall–Kier alpha value is -1.89. The number of amides is 1. The smallest absolute Gasteiger partial charge is 0.335 e. The number of carboxylic acid groups (broad SMARTS) is 1. The van der Waals surface area contributed by atoms with Crippen LogP contribution in [-0.2, 0) is 11.2 Å². The number of rotatable bonds is 5. The van der Waals surface area contributed by atoms with Gasteiger partial charge >= 0.3 is 5.97 Å². The van der Waals surface area contributed by atoms with E-state index in [4.69, 9.17) is 10.1 Å². The van der Waals surface area contributed by atoms with Crippen LogP contribution in [0.5, 0.6) is 0 Å². The first-order chi connectivity index (χ1) is 12.4. The summed E-state index contributed by atoms with van der Waals surface area (Å²) in [4.78, 5) is 32.7. The lowest BCUT2D eigenvalue weighted by molar-refractivity contribution is -0.121. The molecular weight excluding hydrogens is 350 g/mol. The second kappa shape index (κ2) is 6.68. The standard InChI is InChI=1S/C19H23N3O3S/c1-19(6-4-14-10-13(16(23)24)5-7-20-14)17(25)22-18(26-19)21-15-9-11-2-3-12(15)8-11/h5,7,10-12,15H,2-4,6,8-9H2,1H3,(H,23,24)(H,21,22,25). The molecule has 2 bridgehead atoms. The largest absolute Gasteiger partial charge is 0.478 e. The zero-order valence-electron chi connectivity index (χ0n) is 14.8. The minimum atomic E-state index is -0.965. The summed E-state index contributed by atoms with van der Waals surface area (Å²) in [7, 11) is 0. The second-order valence-electron chi connectivity index (χ2n) is 7.80. The molecule has 0 radical (unpaired) electrons. The van der Waals surface area contributed by atoms with Crippen LogP contribution in [0.1, 0.15) is 55.1 Å². The molecule has 4 atom stereocenters. The molecule has 4 unspecified atom stereocenters. The van der Waals surface area contributed by atoms with E-state index in [0.717, 1.165) is 17.5 Å². The highest BCUT2D eigenvalue weighted by atomic mass is 32.2. The normalized spacial score (nSPS) is 34.4. The maximum Gasteiger partial charge on any atom is 0.335 e. The molecule has 3 aliphatic rings. The quantitative estimate of drug-likeness (QED) is 0.828. The molecule has 26 heavy (non-hydrogen) atoms. The molecule has 7 heteroatoms. The highest BCUT2D eigenvalue weighted by Gasteiger charge is 2.44. The van der Waals surface area contributed by atoms with E-state index in [1.807, 2.05) is 6.92 Å². The van der Waals surface area contributed by atoms with Crippen molar-refractivity contribution in [3.8, 4) is 0 Å². The van der Waals surface area contributed by atoms with E-state index in [0.29, 0.717) is 30.5 Å². The van der Waals surface area contributed by atoms with Gasteiger partial charge in [-0.25, -0.2) is 4.79 Å². The number of hydrogen-bond acceptors (Lipinski definition) is 5. The van der Waals surface area contributed by atoms with Gasteiger partial charge in [0.15, 0.2) is 5.17 Å². The van der Waals surface area contributed by atoms with E-state index in [1.165, 1.54) is 43.3 Å². The van der Waals surface area contributed by atoms with Crippen molar-refractivity contribution in [3.63, 3.8) is 0 Å². The molecule has 1 aliphatic heterocycles. The Morgan fingerprint density at radius 2 is 2.31 bits per heavy atom. The molecule has 2 N–H and O–H groups in total. The number of aromatic carboxylic acids is 1. The van der Waals surface area contributed by atoms with Gasteiger partial charge in [0.2, 0.25) is 5.91 Å². The fraction of sp³-hybridized carbons (Fsp3) is 0.579. The summed E-state index contributed by atoms with van der Waals surface area (Å²) < 4.78 is -0.586. The van der Waals surface area contributed by atoms with Crippen LogP contribution in [0.25, 0.3) is 0 Å². The molecule has 1 saturated heterocycles. The van der Waals surface area contributed by atoms with Crippen molar-refractivity contribution in [2.45, 2.75) is 56.2 Å². The number of hydrogen-bond donors (Lipinski definition) is 2. The molecule has 1 aromatic rings. The third-order valence-electron chi connectivity index (χ3n) is 5.93. The summed E-state index contributed by atoms with van der Waals surface area (Å²) in [6, 6.07) is 3.42. The van der Waals surface area contributed by atoms with Crippen LogP contribution in [0.3, 0.4) is 0 Å². The lowest BCUT2D eigenvalue weighted by Crippen LogP contribution is -2.34. The Morgan fingerprint density at radius 1 is 1.46 bits per heavy atom. The Labute approximate surface area is 156 Å². The average molecular weight is 373 g/mol. The van der Waals surface area contributed by atoms with Crippen molar-refractivity contribution in [3.05, 3.63) is 29.6 Å². The number of thioether (sulfide) groups is 1. The SMILES string of the molecule is CC1(CCc2cc(C(=O)O)ccn2)SC(=NC2CC3CCC2C3)NC1=O. The van der Waals surface area contributed by atoms with Crippen LogP contribution in [-0.4, -0.2) is 37.9 Å². The zero-order chi connectivity index (χ0) is 18.3. The first-order valence-corrected chi connectivity index (χ1v) is 10.0. The topological polar surface area (TPSA) is 91.7 Å². The van der Waals surface area contributed by atoms with Crippen LogP contribution in [0, 0.1) is 11.8 Å². The molecule has 0 spiro atoms. The van der Waals surface area contributed by atoms with Crippen LogP contribution in [0.15, 0.2) is 23.3 Å². The van der Waals surface area contributed by atoms with Gasteiger partial charge in [0, 0.05) is 11.9 Å². The van der Waals surface area contributed by atoms with Crippen molar-refractivity contribution in [1.29, 1.82) is 0 Å². The molecule has 3 fully saturated rings. The number of amidine groups is 1. The number of fused-ring (bicyclic) bond motifs is 2. The predicted molar refractivity (Wildman–Crippen MR) is 100 cm³/mol. The van der Waals surface area contributed by atoms with Crippen LogP contribution in [0.4, 0.5) is 0 Å². The summed E-state index contributed by atoms with van der Waals surface area (Å²) in [5.41, 5.74) is 0.917. The molecule has 4 rings (SSSR count). The molecular formula is C19H23N3O3S. The maximum absolute atomic E-state index is 12.5. The number of nitrogens with zero attached hydrogens (tertiary/aromatic N) is 2. The van der Waals surface area contributed by atoms with E-state index in [9.17, 15) is 9.59 Å². The number of aryl methyl sites for hydroxylation is 1. The number of aromatic nitrogens is 1. The summed E-state index contributed by atoms with van der Waals surface area (Å²) in [6.45, 7) is 1.93. The van der Waals surface area contributed by atoms with E-state index in [2.05, 4.69) is 10.3 Å².